The zero-order valence-electron chi connectivity index (χ0n) is 11.1. The molecule has 0 radical (unpaired) electrons. The SMILES string of the molecule is COc1ccc(C(=O)Nc2ccc(Br)cc2C(=O)O)cc1. The number of carboxylic acids is 1. The molecule has 0 unspecified atom stereocenters. The number of carbonyl (C=O) groups excluding carboxylic acids is 1. The number of carbonyl (C=O) groups is 2. The summed E-state index contributed by atoms with van der Waals surface area (Å²) < 4.78 is 5.64. The van der Waals surface area contributed by atoms with Crippen LogP contribution in [0.15, 0.2) is 46.9 Å². The predicted octanol–water partition coefficient (Wildman–Crippen LogP) is 3.41. The van der Waals surface area contributed by atoms with E-state index in [0.29, 0.717) is 15.8 Å². The van der Waals surface area contributed by atoms with Crippen molar-refractivity contribution in [3.63, 3.8) is 0 Å². The van der Waals surface area contributed by atoms with E-state index in [1.165, 1.54) is 19.2 Å². The number of benzene rings is 2. The Hall–Kier alpha value is -2.34. The summed E-state index contributed by atoms with van der Waals surface area (Å²) >= 11 is 3.20. The van der Waals surface area contributed by atoms with E-state index in [1.54, 1.807) is 30.3 Å². The Morgan fingerprint density at radius 3 is 2.38 bits per heavy atom. The first-order chi connectivity index (χ1) is 10.0. The number of halogens is 1. The largest absolute Gasteiger partial charge is 0.497 e. The number of hydrogen-bond acceptors (Lipinski definition) is 3. The highest BCUT2D eigenvalue weighted by atomic mass is 79.9. The number of ether oxygens (including phenoxy) is 1. The van der Waals surface area contributed by atoms with Gasteiger partial charge in [-0.1, -0.05) is 15.9 Å². The Balaban J connectivity index is 2.24. The number of aromatic carboxylic acids is 1. The minimum Gasteiger partial charge on any atom is -0.497 e. The van der Waals surface area contributed by atoms with Gasteiger partial charge >= 0.3 is 5.97 Å². The molecular weight excluding hydrogens is 338 g/mol. The summed E-state index contributed by atoms with van der Waals surface area (Å²) in [6.45, 7) is 0. The van der Waals surface area contributed by atoms with Crippen LogP contribution in [0.25, 0.3) is 0 Å². The van der Waals surface area contributed by atoms with Crippen molar-refractivity contribution in [2.75, 3.05) is 12.4 Å². The van der Waals surface area contributed by atoms with E-state index in [4.69, 9.17) is 9.84 Å². The first-order valence-electron chi connectivity index (χ1n) is 5.99. The average molecular weight is 350 g/mol. The fraction of sp³-hybridized carbons (Fsp3) is 0.0667. The van der Waals surface area contributed by atoms with Crippen LogP contribution in [0.5, 0.6) is 5.75 Å². The fourth-order valence-corrected chi connectivity index (χ4v) is 2.10. The molecule has 5 nitrogen and oxygen atoms in total. The molecule has 0 saturated heterocycles. The van der Waals surface area contributed by atoms with Crippen molar-refractivity contribution in [3.8, 4) is 5.75 Å². The number of anilines is 1. The van der Waals surface area contributed by atoms with Gasteiger partial charge in [-0.3, -0.25) is 4.79 Å². The molecule has 1 amide bonds. The van der Waals surface area contributed by atoms with Crippen molar-refractivity contribution < 1.29 is 19.4 Å². The lowest BCUT2D eigenvalue weighted by atomic mass is 10.1. The van der Waals surface area contributed by atoms with Crippen LogP contribution in [-0.2, 0) is 0 Å². The van der Waals surface area contributed by atoms with Gasteiger partial charge in [0.1, 0.15) is 5.75 Å². The van der Waals surface area contributed by atoms with Gasteiger partial charge in [-0.2, -0.15) is 0 Å². The normalized spacial score (nSPS) is 10.0. The summed E-state index contributed by atoms with van der Waals surface area (Å²) in [4.78, 5) is 23.3. The van der Waals surface area contributed by atoms with E-state index in [2.05, 4.69) is 21.2 Å². The lowest BCUT2D eigenvalue weighted by Crippen LogP contribution is -2.14. The van der Waals surface area contributed by atoms with Crippen LogP contribution in [0, 0.1) is 0 Å². The maximum Gasteiger partial charge on any atom is 0.337 e. The highest BCUT2D eigenvalue weighted by Gasteiger charge is 2.14. The van der Waals surface area contributed by atoms with Gasteiger partial charge in [0.2, 0.25) is 0 Å². The van der Waals surface area contributed by atoms with Crippen LogP contribution in [0.3, 0.4) is 0 Å². The molecule has 0 bridgehead atoms. The molecule has 0 saturated carbocycles. The topological polar surface area (TPSA) is 75.6 Å². The van der Waals surface area contributed by atoms with Crippen LogP contribution >= 0.6 is 15.9 Å². The minimum absolute atomic E-state index is 0.0197. The van der Waals surface area contributed by atoms with E-state index in [9.17, 15) is 9.59 Å². The highest BCUT2D eigenvalue weighted by Crippen LogP contribution is 2.22. The van der Waals surface area contributed by atoms with Gasteiger partial charge in [-0.15, -0.1) is 0 Å². The van der Waals surface area contributed by atoms with E-state index < -0.39 is 5.97 Å². The average Bonchev–Trinajstić information content (AvgIpc) is 2.49. The monoisotopic (exact) mass is 349 g/mol. The second-order valence-electron chi connectivity index (χ2n) is 4.18. The van der Waals surface area contributed by atoms with Crippen molar-refractivity contribution in [2.24, 2.45) is 0 Å². The molecule has 0 aromatic heterocycles. The van der Waals surface area contributed by atoms with Gasteiger partial charge in [-0.25, -0.2) is 4.79 Å². The van der Waals surface area contributed by atoms with E-state index >= 15 is 0 Å². The van der Waals surface area contributed by atoms with Crippen molar-refractivity contribution in [1.29, 1.82) is 0 Å². The van der Waals surface area contributed by atoms with Gasteiger partial charge in [0.25, 0.3) is 5.91 Å². The number of rotatable bonds is 4. The molecular formula is C15H12BrNO4. The zero-order chi connectivity index (χ0) is 15.4. The molecule has 2 aromatic carbocycles. The van der Waals surface area contributed by atoms with Crippen molar-refractivity contribution >= 4 is 33.5 Å². The van der Waals surface area contributed by atoms with Crippen LogP contribution in [-0.4, -0.2) is 24.1 Å². The van der Waals surface area contributed by atoms with Crippen molar-refractivity contribution in [2.45, 2.75) is 0 Å². The van der Waals surface area contributed by atoms with Crippen LogP contribution in [0.4, 0.5) is 5.69 Å². The van der Waals surface area contributed by atoms with Gasteiger partial charge < -0.3 is 15.2 Å². The standard InChI is InChI=1S/C15H12BrNO4/c1-21-11-5-2-9(3-6-11)14(18)17-13-7-4-10(16)8-12(13)15(19)20/h2-8H,1H3,(H,17,18)(H,19,20). The van der Waals surface area contributed by atoms with Crippen molar-refractivity contribution in [3.05, 3.63) is 58.1 Å². The van der Waals surface area contributed by atoms with E-state index in [0.717, 1.165) is 0 Å². The molecule has 0 aliphatic heterocycles. The van der Waals surface area contributed by atoms with Crippen LogP contribution in [0.1, 0.15) is 20.7 Å². The van der Waals surface area contributed by atoms with Crippen molar-refractivity contribution in [1.82, 2.24) is 0 Å². The number of hydrogen-bond donors (Lipinski definition) is 2. The molecule has 21 heavy (non-hydrogen) atoms. The first kappa shape index (κ1) is 15.1. The third-order valence-electron chi connectivity index (χ3n) is 2.81. The number of amides is 1. The number of nitrogens with one attached hydrogen (secondary N) is 1. The molecule has 0 aliphatic carbocycles. The number of carboxylic acid groups (broad SMARTS) is 1. The quantitative estimate of drug-likeness (QED) is 0.886. The Morgan fingerprint density at radius 1 is 1.14 bits per heavy atom. The maximum absolute atomic E-state index is 12.1. The molecule has 0 fully saturated rings. The lowest BCUT2D eigenvalue weighted by Gasteiger charge is -2.09. The zero-order valence-corrected chi connectivity index (χ0v) is 12.7. The molecule has 108 valence electrons. The Morgan fingerprint density at radius 2 is 1.81 bits per heavy atom. The molecule has 2 rings (SSSR count). The first-order valence-corrected chi connectivity index (χ1v) is 6.79. The van der Waals surface area contributed by atoms with E-state index in [-0.39, 0.29) is 17.2 Å². The minimum atomic E-state index is -1.11. The van der Waals surface area contributed by atoms with Crippen LogP contribution < -0.4 is 10.1 Å². The summed E-state index contributed by atoms with van der Waals surface area (Å²) in [7, 11) is 1.54. The van der Waals surface area contributed by atoms with Crippen LogP contribution in [0.2, 0.25) is 0 Å². The molecule has 6 heteroatoms. The smallest absolute Gasteiger partial charge is 0.337 e. The maximum atomic E-state index is 12.1. The summed E-state index contributed by atoms with van der Waals surface area (Å²) in [5.41, 5.74) is 0.674. The summed E-state index contributed by atoms with van der Waals surface area (Å²) in [5, 5.41) is 11.7. The van der Waals surface area contributed by atoms with Gasteiger partial charge in [0.05, 0.1) is 18.4 Å². The molecule has 2 N–H and O–H groups in total. The highest BCUT2D eigenvalue weighted by molar-refractivity contribution is 9.10. The summed E-state index contributed by atoms with van der Waals surface area (Å²) in [6, 6.07) is 11.2. The third kappa shape index (κ3) is 3.61. The fourth-order valence-electron chi connectivity index (χ4n) is 1.74. The Bertz CT molecular complexity index is 683. The molecule has 2 aromatic rings. The Kier molecular flexibility index (Phi) is 4.59. The number of methoxy groups -OCH3 is 1. The summed E-state index contributed by atoms with van der Waals surface area (Å²) in [5.74, 6) is -0.856. The Labute approximate surface area is 129 Å². The van der Waals surface area contributed by atoms with Gasteiger partial charge in [-0.05, 0) is 42.5 Å². The van der Waals surface area contributed by atoms with E-state index in [1.807, 2.05) is 0 Å². The molecule has 0 heterocycles. The third-order valence-corrected chi connectivity index (χ3v) is 3.31. The second kappa shape index (κ2) is 6.41. The molecule has 0 spiro atoms. The molecule has 0 atom stereocenters. The van der Waals surface area contributed by atoms with Gasteiger partial charge in [0, 0.05) is 10.0 Å². The molecule has 0 aliphatic rings. The second-order valence-corrected chi connectivity index (χ2v) is 5.09. The predicted molar refractivity (Wildman–Crippen MR) is 82.0 cm³/mol. The lowest BCUT2D eigenvalue weighted by molar-refractivity contribution is 0.0698. The summed E-state index contributed by atoms with van der Waals surface area (Å²) in [6.07, 6.45) is 0. The van der Waals surface area contributed by atoms with Gasteiger partial charge in [0.15, 0.2) is 0 Å².